The van der Waals surface area contributed by atoms with Crippen molar-refractivity contribution in [2.75, 3.05) is 25.0 Å². The minimum absolute atomic E-state index is 0.0830. The van der Waals surface area contributed by atoms with E-state index in [9.17, 15) is 13.2 Å². The Kier molecular flexibility index (Phi) is 7.50. The second kappa shape index (κ2) is 10.5. The van der Waals surface area contributed by atoms with Gasteiger partial charge in [0.25, 0.3) is 15.9 Å². The van der Waals surface area contributed by atoms with E-state index in [0.29, 0.717) is 23.7 Å². The van der Waals surface area contributed by atoms with E-state index in [1.54, 1.807) is 36.8 Å². The topological polar surface area (TPSA) is 112 Å². The van der Waals surface area contributed by atoms with Crippen LogP contribution in [0.3, 0.4) is 0 Å². The van der Waals surface area contributed by atoms with Crippen LogP contribution >= 0.6 is 0 Å². The summed E-state index contributed by atoms with van der Waals surface area (Å²) in [6, 6.07) is 12.4. The van der Waals surface area contributed by atoms with Gasteiger partial charge in [0.1, 0.15) is 11.5 Å². The number of imidazole rings is 1. The molecule has 0 radical (unpaired) electrons. The number of benzene rings is 2. The summed E-state index contributed by atoms with van der Waals surface area (Å²) >= 11 is 0. The molecule has 1 heterocycles. The van der Waals surface area contributed by atoms with Crippen LogP contribution in [0.2, 0.25) is 0 Å². The first-order chi connectivity index (χ1) is 15.0. The molecule has 0 aliphatic heterocycles. The average Bonchev–Trinajstić information content (AvgIpc) is 3.29. The number of aromatic nitrogens is 2. The number of ether oxygens (including phenoxy) is 2. The number of carbonyl (C=O) groups is 1. The molecule has 0 aliphatic carbocycles. The molecule has 2 aromatic carbocycles. The van der Waals surface area contributed by atoms with Gasteiger partial charge in [0.2, 0.25) is 0 Å². The predicted molar refractivity (Wildman–Crippen MR) is 116 cm³/mol. The lowest BCUT2D eigenvalue weighted by Gasteiger charge is -2.10. The number of nitrogens with zero attached hydrogens (tertiary/aromatic N) is 2. The summed E-state index contributed by atoms with van der Waals surface area (Å²) in [5.41, 5.74) is 0.422. The molecule has 9 nitrogen and oxygen atoms in total. The monoisotopic (exact) mass is 444 g/mol. The molecule has 0 unspecified atom stereocenters. The molecule has 31 heavy (non-hydrogen) atoms. The minimum Gasteiger partial charge on any atom is -0.497 e. The van der Waals surface area contributed by atoms with Gasteiger partial charge in [-0.2, -0.15) is 0 Å². The van der Waals surface area contributed by atoms with Crippen LogP contribution in [0.25, 0.3) is 0 Å². The highest BCUT2D eigenvalue weighted by molar-refractivity contribution is 7.92. The van der Waals surface area contributed by atoms with Gasteiger partial charge in [-0.3, -0.25) is 9.52 Å². The molecule has 3 rings (SSSR count). The van der Waals surface area contributed by atoms with E-state index in [1.165, 1.54) is 31.4 Å². The zero-order valence-electron chi connectivity index (χ0n) is 17.0. The van der Waals surface area contributed by atoms with Crippen molar-refractivity contribution in [3.8, 4) is 11.5 Å². The Morgan fingerprint density at radius 3 is 2.42 bits per heavy atom. The van der Waals surface area contributed by atoms with Crippen molar-refractivity contribution >= 4 is 21.6 Å². The third-order valence-electron chi connectivity index (χ3n) is 4.32. The third-order valence-corrected chi connectivity index (χ3v) is 5.72. The lowest BCUT2D eigenvalue weighted by molar-refractivity contribution is -0.123. The van der Waals surface area contributed by atoms with Gasteiger partial charge in [-0.25, -0.2) is 13.4 Å². The molecule has 0 bridgehead atoms. The predicted octanol–water partition coefficient (Wildman–Crippen LogP) is 2.28. The van der Waals surface area contributed by atoms with Gasteiger partial charge < -0.3 is 19.4 Å². The van der Waals surface area contributed by atoms with E-state index in [2.05, 4.69) is 15.0 Å². The molecule has 0 saturated carbocycles. The van der Waals surface area contributed by atoms with Crippen molar-refractivity contribution in [2.45, 2.75) is 17.9 Å². The Hall–Kier alpha value is -3.53. The van der Waals surface area contributed by atoms with Crippen molar-refractivity contribution in [3.05, 3.63) is 67.3 Å². The van der Waals surface area contributed by atoms with E-state index >= 15 is 0 Å². The molecule has 0 fully saturated rings. The van der Waals surface area contributed by atoms with Crippen molar-refractivity contribution in [1.29, 1.82) is 0 Å². The van der Waals surface area contributed by atoms with Crippen LogP contribution in [-0.4, -0.2) is 44.1 Å². The first-order valence-corrected chi connectivity index (χ1v) is 11.1. The third kappa shape index (κ3) is 6.75. The Bertz CT molecular complexity index is 1070. The van der Waals surface area contributed by atoms with E-state index in [4.69, 9.17) is 9.47 Å². The smallest absolute Gasteiger partial charge is 0.261 e. The number of amides is 1. The van der Waals surface area contributed by atoms with Crippen molar-refractivity contribution in [2.24, 2.45) is 0 Å². The zero-order valence-corrected chi connectivity index (χ0v) is 17.8. The molecule has 0 atom stereocenters. The molecular weight excluding hydrogens is 420 g/mol. The second-order valence-corrected chi connectivity index (χ2v) is 8.28. The van der Waals surface area contributed by atoms with Crippen LogP contribution in [0.15, 0.2) is 72.1 Å². The summed E-state index contributed by atoms with van der Waals surface area (Å²) in [5, 5.41) is 2.77. The molecule has 2 N–H and O–H groups in total. The van der Waals surface area contributed by atoms with Crippen molar-refractivity contribution < 1.29 is 22.7 Å². The maximum Gasteiger partial charge on any atom is 0.261 e. The standard InChI is InChI=1S/C21H24N4O5S/c1-29-18-5-3-17(4-6-18)24-31(27,28)20-9-7-19(8-10-20)30-15-21(26)23-11-2-13-25-14-12-22-16-25/h3-10,12,14,16,24H,2,11,13,15H2,1H3,(H,23,26). The lowest BCUT2D eigenvalue weighted by atomic mass is 10.3. The maximum absolute atomic E-state index is 12.5. The number of hydrogen-bond acceptors (Lipinski definition) is 6. The minimum atomic E-state index is -3.75. The van der Waals surface area contributed by atoms with Crippen LogP contribution < -0.4 is 19.5 Å². The van der Waals surface area contributed by atoms with Gasteiger partial charge in [-0.1, -0.05) is 0 Å². The Balaban J connectivity index is 1.44. The first kappa shape index (κ1) is 22.2. The number of hydrogen-bond donors (Lipinski definition) is 2. The number of anilines is 1. The molecule has 164 valence electrons. The van der Waals surface area contributed by atoms with Gasteiger partial charge in [0.15, 0.2) is 6.61 Å². The summed E-state index contributed by atoms with van der Waals surface area (Å²) in [5.74, 6) is 0.784. The highest BCUT2D eigenvalue weighted by atomic mass is 32.2. The largest absolute Gasteiger partial charge is 0.497 e. The zero-order chi connectivity index (χ0) is 22.1. The fraction of sp³-hybridized carbons (Fsp3) is 0.238. The van der Waals surface area contributed by atoms with Gasteiger partial charge in [0, 0.05) is 31.2 Å². The number of sulfonamides is 1. The molecule has 3 aromatic rings. The fourth-order valence-corrected chi connectivity index (χ4v) is 3.76. The number of aryl methyl sites for hydroxylation is 1. The summed E-state index contributed by atoms with van der Waals surface area (Å²) in [4.78, 5) is 15.9. The van der Waals surface area contributed by atoms with Crippen LogP contribution in [0.1, 0.15) is 6.42 Å². The molecule has 0 saturated heterocycles. The average molecular weight is 445 g/mol. The van der Waals surface area contributed by atoms with E-state index in [-0.39, 0.29) is 17.4 Å². The molecule has 1 aromatic heterocycles. The van der Waals surface area contributed by atoms with Gasteiger partial charge in [-0.15, -0.1) is 0 Å². The summed E-state index contributed by atoms with van der Waals surface area (Å²) in [7, 11) is -2.21. The highest BCUT2D eigenvalue weighted by Gasteiger charge is 2.14. The number of rotatable bonds is 11. The fourth-order valence-electron chi connectivity index (χ4n) is 2.70. The van der Waals surface area contributed by atoms with Crippen molar-refractivity contribution in [3.63, 3.8) is 0 Å². The van der Waals surface area contributed by atoms with Gasteiger partial charge in [0.05, 0.1) is 18.3 Å². The number of methoxy groups -OCH3 is 1. The number of nitrogens with one attached hydrogen (secondary N) is 2. The first-order valence-electron chi connectivity index (χ1n) is 9.58. The Morgan fingerprint density at radius 1 is 1.06 bits per heavy atom. The van der Waals surface area contributed by atoms with Gasteiger partial charge in [-0.05, 0) is 55.0 Å². The van der Waals surface area contributed by atoms with Crippen molar-refractivity contribution in [1.82, 2.24) is 14.9 Å². The normalized spacial score (nSPS) is 11.0. The van der Waals surface area contributed by atoms with E-state index in [1.807, 2.05) is 10.8 Å². The quantitative estimate of drug-likeness (QED) is 0.439. The molecule has 10 heteroatoms. The highest BCUT2D eigenvalue weighted by Crippen LogP contribution is 2.21. The Labute approximate surface area is 181 Å². The molecule has 0 aliphatic rings. The van der Waals surface area contributed by atoms with E-state index < -0.39 is 10.0 Å². The molecule has 0 spiro atoms. The van der Waals surface area contributed by atoms with Crippen LogP contribution in [-0.2, 0) is 21.4 Å². The SMILES string of the molecule is COc1ccc(NS(=O)(=O)c2ccc(OCC(=O)NCCCn3ccnc3)cc2)cc1. The summed E-state index contributed by atoms with van der Waals surface area (Å²) < 4.78 is 39.9. The lowest BCUT2D eigenvalue weighted by Crippen LogP contribution is -2.30. The maximum atomic E-state index is 12.5. The molecular formula is C21H24N4O5S. The van der Waals surface area contributed by atoms with Crippen LogP contribution in [0.4, 0.5) is 5.69 Å². The second-order valence-electron chi connectivity index (χ2n) is 6.60. The van der Waals surface area contributed by atoms with Crippen LogP contribution in [0.5, 0.6) is 11.5 Å². The molecule has 1 amide bonds. The number of carbonyl (C=O) groups excluding carboxylic acids is 1. The van der Waals surface area contributed by atoms with E-state index in [0.717, 1.165) is 13.0 Å². The Morgan fingerprint density at radius 2 is 1.77 bits per heavy atom. The van der Waals surface area contributed by atoms with Gasteiger partial charge >= 0.3 is 0 Å². The summed E-state index contributed by atoms with van der Waals surface area (Å²) in [6.07, 6.45) is 6.07. The van der Waals surface area contributed by atoms with Crippen LogP contribution in [0, 0.1) is 0 Å². The summed E-state index contributed by atoms with van der Waals surface area (Å²) in [6.45, 7) is 1.14.